The molecule has 0 aliphatic heterocycles. The summed E-state index contributed by atoms with van der Waals surface area (Å²) in [4.78, 5) is 0. The van der Waals surface area contributed by atoms with Gasteiger partial charge in [-0.3, -0.25) is 4.68 Å². The van der Waals surface area contributed by atoms with E-state index < -0.39 is 0 Å². The molecule has 1 heterocycles. The molecular formula is C20H28N2. The summed E-state index contributed by atoms with van der Waals surface area (Å²) in [6, 6.07) is 6.61. The first kappa shape index (κ1) is 16.5. The molecule has 2 aromatic rings. The van der Waals surface area contributed by atoms with Crippen LogP contribution in [0.4, 0.5) is 0 Å². The minimum absolute atomic E-state index is 1.10. The van der Waals surface area contributed by atoms with Gasteiger partial charge in [0.15, 0.2) is 0 Å². The predicted octanol–water partition coefficient (Wildman–Crippen LogP) is 5.69. The Morgan fingerprint density at radius 2 is 1.86 bits per heavy atom. The third kappa shape index (κ3) is 3.32. The summed E-state index contributed by atoms with van der Waals surface area (Å²) in [6.45, 7) is 11.0. The predicted molar refractivity (Wildman–Crippen MR) is 95.9 cm³/mol. The van der Waals surface area contributed by atoms with Crippen molar-refractivity contribution < 1.29 is 0 Å². The van der Waals surface area contributed by atoms with Gasteiger partial charge in [0.2, 0.25) is 0 Å². The van der Waals surface area contributed by atoms with E-state index in [4.69, 9.17) is 0 Å². The van der Waals surface area contributed by atoms with Crippen LogP contribution in [0.15, 0.2) is 30.0 Å². The quantitative estimate of drug-likeness (QED) is 0.693. The highest BCUT2D eigenvalue weighted by molar-refractivity contribution is 5.84. The minimum Gasteiger partial charge on any atom is -0.275 e. The van der Waals surface area contributed by atoms with Gasteiger partial charge in [-0.2, -0.15) is 5.10 Å². The van der Waals surface area contributed by atoms with E-state index in [2.05, 4.69) is 64.1 Å². The lowest BCUT2D eigenvalue weighted by atomic mass is 9.87. The fourth-order valence-electron chi connectivity index (χ4n) is 3.14. The van der Waals surface area contributed by atoms with E-state index in [9.17, 15) is 0 Å². The Bertz CT molecular complexity index is 686. The van der Waals surface area contributed by atoms with Crippen molar-refractivity contribution in [2.75, 3.05) is 0 Å². The first-order valence-electron chi connectivity index (χ1n) is 8.22. The lowest BCUT2D eigenvalue weighted by Crippen LogP contribution is -1.96. The van der Waals surface area contributed by atoms with E-state index in [1.807, 2.05) is 11.7 Å². The lowest BCUT2D eigenvalue weighted by molar-refractivity contribution is 0.756. The van der Waals surface area contributed by atoms with Crippen LogP contribution in [0, 0.1) is 13.8 Å². The summed E-state index contributed by atoms with van der Waals surface area (Å²) in [5, 5.41) is 4.53. The van der Waals surface area contributed by atoms with E-state index in [1.165, 1.54) is 46.2 Å². The van der Waals surface area contributed by atoms with E-state index in [0.717, 1.165) is 12.1 Å². The maximum atomic E-state index is 4.53. The monoisotopic (exact) mass is 296 g/mol. The molecule has 0 fully saturated rings. The molecule has 0 radical (unpaired) electrons. The molecule has 0 atom stereocenters. The van der Waals surface area contributed by atoms with Crippen LogP contribution in [0.1, 0.15) is 56.9 Å². The molecule has 0 amide bonds. The van der Waals surface area contributed by atoms with E-state index in [0.29, 0.717) is 0 Å². The van der Waals surface area contributed by atoms with E-state index in [-0.39, 0.29) is 0 Å². The van der Waals surface area contributed by atoms with Gasteiger partial charge in [-0.05, 0) is 62.8 Å². The molecule has 0 aliphatic rings. The molecule has 118 valence electrons. The average molecular weight is 296 g/mol. The standard InChI is InChI=1S/C20H28N2/c1-7-8-11-17(14(2)3)20-15(4)10-9-12-18(20)19-13-22(6)21-16(19)5/h9-10,12-13H,7-8,11H2,1-6H3. The van der Waals surface area contributed by atoms with Crippen LogP contribution in [0.3, 0.4) is 0 Å². The van der Waals surface area contributed by atoms with Crippen LogP contribution in [0.25, 0.3) is 16.7 Å². The van der Waals surface area contributed by atoms with Gasteiger partial charge in [0.05, 0.1) is 5.69 Å². The number of aromatic nitrogens is 2. The van der Waals surface area contributed by atoms with E-state index >= 15 is 0 Å². The first-order chi connectivity index (χ1) is 10.5. The summed E-state index contributed by atoms with van der Waals surface area (Å²) in [5.74, 6) is 0. The number of benzene rings is 1. The normalized spacial score (nSPS) is 10.8. The molecule has 0 saturated carbocycles. The molecule has 0 spiro atoms. The van der Waals surface area contributed by atoms with Crippen LogP contribution in [0.2, 0.25) is 0 Å². The largest absolute Gasteiger partial charge is 0.275 e. The van der Waals surface area contributed by atoms with Gasteiger partial charge in [-0.15, -0.1) is 0 Å². The first-order valence-corrected chi connectivity index (χ1v) is 8.22. The number of unbranched alkanes of at least 4 members (excludes halogenated alkanes) is 1. The fourth-order valence-corrected chi connectivity index (χ4v) is 3.14. The second-order valence-electron chi connectivity index (χ2n) is 6.38. The van der Waals surface area contributed by atoms with Crippen molar-refractivity contribution in [3.8, 4) is 11.1 Å². The molecule has 1 aromatic heterocycles. The van der Waals surface area contributed by atoms with Crippen molar-refractivity contribution in [1.82, 2.24) is 9.78 Å². The molecule has 0 N–H and O–H groups in total. The zero-order chi connectivity index (χ0) is 16.3. The van der Waals surface area contributed by atoms with Crippen molar-refractivity contribution in [3.05, 3.63) is 46.8 Å². The topological polar surface area (TPSA) is 17.8 Å². The second-order valence-corrected chi connectivity index (χ2v) is 6.38. The Morgan fingerprint density at radius 1 is 1.14 bits per heavy atom. The van der Waals surface area contributed by atoms with Crippen LogP contribution in [-0.4, -0.2) is 9.78 Å². The third-order valence-corrected chi connectivity index (χ3v) is 4.26. The molecule has 0 saturated heterocycles. The number of nitrogens with zero attached hydrogens (tertiary/aromatic N) is 2. The Labute approximate surface area is 134 Å². The van der Waals surface area contributed by atoms with Gasteiger partial charge in [-0.1, -0.05) is 37.1 Å². The molecule has 0 aliphatic carbocycles. The molecule has 0 unspecified atom stereocenters. The van der Waals surface area contributed by atoms with E-state index in [1.54, 1.807) is 0 Å². The minimum atomic E-state index is 1.10. The van der Waals surface area contributed by atoms with Crippen LogP contribution >= 0.6 is 0 Å². The molecule has 2 heteroatoms. The Morgan fingerprint density at radius 3 is 2.41 bits per heavy atom. The smallest absolute Gasteiger partial charge is 0.0672 e. The van der Waals surface area contributed by atoms with Crippen molar-refractivity contribution in [3.63, 3.8) is 0 Å². The Kier molecular flexibility index (Phi) is 5.23. The summed E-state index contributed by atoms with van der Waals surface area (Å²) >= 11 is 0. The zero-order valence-electron chi connectivity index (χ0n) is 14.8. The molecule has 22 heavy (non-hydrogen) atoms. The number of allylic oxidation sites excluding steroid dienone is 2. The molecule has 2 nitrogen and oxygen atoms in total. The van der Waals surface area contributed by atoms with Crippen molar-refractivity contribution in [1.29, 1.82) is 0 Å². The van der Waals surface area contributed by atoms with Gasteiger partial charge in [0.25, 0.3) is 0 Å². The maximum Gasteiger partial charge on any atom is 0.0672 e. The number of hydrogen-bond acceptors (Lipinski definition) is 1. The van der Waals surface area contributed by atoms with Crippen LogP contribution in [0.5, 0.6) is 0 Å². The highest BCUT2D eigenvalue weighted by Gasteiger charge is 2.16. The zero-order valence-corrected chi connectivity index (χ0v) is 14.8. The molecule has 0 bridgehead atoms. The van der Waals surface area contributed by atoms with Gasteiger partial charge < -0.3 is 0 Å². The van der Waals surface area contributed by atoms with Crippen LogP contribution < -0.4 is 0 Å². The summed E-state index contributed by atoms with van der Waals surface area (Å²) in [7, 11) is 1.99. The third-order valence-electron chi connectivity index (χ3n) is 4.26. The summed E-state index contributed by atoms with van der Waals surface area (Å²) < 4.78 is 1.91. The Balaban J connectivity index is 2.65. The molecule has 1 aromatic carbocycles. The van der Waals surface area contributed by atoms with Gasteiger partial charge in [0, 0.05) is 18.8 Å². The van der Waals surface area contributed by atoms with Gasteiger partial charge >= 0.3 is 0 Å². The number of aryl methyl sites for hydroxylation is 3. The van der Waals surface area contributed by atoms with Gasteiger partial charge in [-0.25, -0.2) is 0 Å². The summed E-state index contributed by atoms with van der Waals surface area (Å²) in [5.41, 5.74) is 9.34. The number of rotatable bonds is 5. The Hall–Kier alpha value is -1.83. The summed E-state index contributed by atoms with van der Waals surface area (Å²) in [6.07, 6.45) is 5.75. The molecular weight excluding hydrogens is 268 g/mol. The van der Waals surface area contributed by atoms with Crippen LogP contribution in [-0.2, 0) is 7.05 Å². The fraction of sp³-hybridized carbons (Fsp3) is 0.450. The highest BCUT2D eigenvalue weighted by Crippen LogP contribution is 2.36. The second kappa shape index (κ2) is 6.95. The van der Waals surface area contributed by atoms with Crippen molar-refractivity contribution >= 4 is 5.57 Å². The lowest BCUT2D eigenvalue weighted by Gasteiger charge is -2.18. The maximum absolute atomic E-state index is 4.53. The molecule has 2 rings (SSSR count). The average Bonchev–Trinajstić information content (AvgIpc) is 2.79. The SMILES string of the molecule is CCCCC(=C(C)C)c1c(C)cccc1-c1cn(C)nc1C. The highest BCUT2D eigenvalue weighted by atomic mass is 15.2. The van der Waals surface area contributed by atoms with Crippen molar-refractivity contribution in [2.45, 2.75) is 53.9 Å². The van der Waals surface area contributed by atoms with Gasteiger partial charge in [0.1, 0.15) is 0 Å². The van der Waals surface area contributed by atoms with Crippen molar-refractivity contribution in [2.24, 2.45) is 7.05 Å². The number of hydrogen-bond donors (Lipinski definition) is 0.